The minimum atomic E-state index is -0.232. The second-order valence-electron chi connectivity index (χ2n) is 4.05. The maximum Gasteiger partial charge on any atom is 0.255 e. The Balaban J connectivity index is 2.08. The van der Waals surface area contributed by atoms with Gasteiger partial charge in [0.1, 0.15) is 0 Å². The van der Waals surface area contributed by atoms with Gasteiger partial charge in [0.25, 0.3) is 5.91 Å². The predicted molar refractivity (Wildman–Crippen MR) is 72.2 cm³/mol. The van der Waals surface area contributed by atoms with Crippen molar-refractivity contribution in [3.8, 4) is 0 Å². The van der Waals surface area contributed by atoms with Crippen molar-refractivity contribution in [2.75, 3.05) is 5.43 Å². The number of carbonyl (C=O) groups is 1. The molecule has 2 aromatic heterocycles. The fourth-order valence-electron chi connectivity index (χ4n) is 1.65. The fraction of sp³-hybridized carbons (Fsp3) is 0.154. The minimum absolute atomic E-state index is 0.232. The van der Waals surface area contributed by atoms with E-state index in [0.29, 0.717) is 17.8 Å². The Kier molecular flexibility index (Phi) is 4.04. The van der Waals surface area contributed by atoms with Gasteiger partial charge in [-0.15, -0.1) is 0 Å². The van der Waals surface area contributed by atoms with Gasteiger partial charge in [-0.25, -0.2) is 0 Å². The van der Waals surface area contributed by atoms with E-state index in [1.165, 1.54) is 6.20 Å². The van der Waals surface area contributed by atoms with Crippen molar-refractivity contribution in [2.45, 2.75) is 13.5 Å². The summed E-state index contributed by atoms with van der Waals surface area (Å²) in [5.74, 6) is 5.12. The minimum Gasteiger partial charge on any atom is -0.348 e. The molecular weight excluding hydrogens is 242 g/mol. The Morgan fingerprint density at radius 1 is 1.26 bits per heavy atom. The number of pyridine rings is 2. The van der Waals surface area contributed by atoms with E-state index in [1.807, 2.05) is 13.0 Å². The van der Waals surface area contributed by atoms with Gasteiger partial charge in [0, 0.05) is 31.3 Å². The number of anilines is 1. The molecule has 2 aromatic rings. The van der Waals surface area contributed by atoms with Crippen LogP contribution in [-0.4, -0.2) is 15.9 Å². The van der Waals surface area contributed by atoms with Crippen LogP contribution in [0.2, 0.25) is 0 Å². The fourth-order valence-corrected chi connectivity index (χ4v) is 1.65. The number of nitrogen functional groups attached to an aromatic ring is 1. The highest BCUT2D eigenvalue weighted by atomic mass is 16.1. The van der Waals surface area contributed by atoms with E-state index in [2.05, 4.69) is 20.7 Å². The SMILES string of the molecule is Cc1ccncc1CNC(=O)c1cnccc1NN. The van der Waals surface area contributed by atoms with Crippen LogP contribution in [0, 0.1) is 6.92 Å². The molecule has 6 nitrogen and oxygen atoms in total. The van der Waals surface area contributed by atoms with Gasteiger partial charge >= 0.3 is 0 Å². The van der Waals surface area contributed by atoms with Crippen LogP contribution in [0.3, 0.4) is 0 Å². The second kappa shape index (κ2) is 5.92. The lowest BCUT2D eigenvalue weighted by molar-refractivity contribution is 0.0951. The Hall–Kier alpha value is -2.47. The van der Waals surface area contributed by atoms with Gasteiger partial charge in [-0.05, 0) is 30.2 Å². The standard InChI is InChI=1S/C13H15N5O/c1-9-2-4-15-6-10(9)7-17-13(19)11-8-16-5-3-12(11)18-14/h2-6,8H,7,14H2,1H3,(H,16,18)(H,17,19). The summed E-state index contributed by atoms with van der Waals surface area (Å²) >= 11 is 0. The number of nitrogens with two attached hydrogens (primary N) is 1. The first-order valence-corrected chi connectivity index (χ1v) is 5.80. The molecule has 0 atom stereocenters. The summed E-state index contributed by atoms with van der Waals surface area (Å²) in [4.78, 5) is 20.0. The highest BCUT2D eigenvalue weighted by molar-refractivity contribution is 5.99. The molecular formula is C13H15N5O. The molecule has 0 aliphatic heterocycles. The van der Waals surface area contributed by atoms with Gasteiger partial charge in [-0.3, -0.25) is 20.6 Å². The largest absolute Gasteiger partial charge is 0.348 e. The van der Waals surface area contributed by atoms with Gasteiger partial charge in [0.15, 0.2) is 0 Å². The van der Waals surface area contributed by atoms with Crippen LogP contribution < -0.4 is 16.6 Å². The van der Waals surface area contributed by atoms with E-state index in [9.17, 15) is 4.79 Å². The number of carbonyl (C=O) groups excluding carboxylic acids is 1. The number of amides is 1. The Labute approximate surface area is 111 Å². The number of rotatable bonds is 4. The number of aromatic nitrogens is 2. The van der Waals surface area contributed by atoms with E-state index in [4.69, 9.17) is 5.84 Å². The Morgan fingerprint density at radius 2 is 2.00 bits per heavy atom. The van der Waals surface area contributed by atoms with Gasteiger partial charge < -0.3 is 10.7 Å². The van der Waals surface area contributed by atoms with Gasteiger partial charge in [0.05, 0.1) is 11.3 Å². The molecule has 0 saturated carbocycles. The summed E-state index contributed by atoms with van der Waals surface area (Å²) in [7, 11) is 0. The monoisotopic (exact) mass is 257 g/mol. The lowest BCUT2D eigenvalue weighted by Crippen LogP contribution is -2.25. The third-order valence-corrected chi connectivity index (χ3v) is 2.81. The van der Waals surface area contributed by atoms with Crippen molar-refractivity contribution in [2.24, 2.45) is 5.84 Å². The average molecular weight is 257 g/mol. The quantitative estimate of drug-likeness (QED) is 0.561. The predicted octanol–water partition coefficient (Wildman–Crippen LogP) is 1.00. The van der Waals surface area contributed by atoms with Crippen molar-refractivity contribution < 1.29 is 4.79 Å². The molecule has 0 unspecified atom stereocenters. The summed E-state index contributed by atoms with van der Waals surface area (Å²) in [6.07, 6.45) is 6.50. The molecule has 0 radical (unpaired) electrons. The molecule has 0 aliphatic rings. The van der Waals surface area contributed by atoms with E-state index in [1.54, 1.807) is 24.7 Å². The van der Waals surface area contributed by atoms with Crippen molar-refractivity contribution >= 4 is 11.6 Å². The smallest absolute Gasteiger partial charge is 0.255 e. The zero-order valence-corrected chi connectivity index (χ0v) is 10.6. The highest BCUT2D eigenvalue weighted by Gasteiger charge is 2.10. The van der Waals surface area contributed by atoms with Crippen LogP contribution in [0.25, 0.3) is 0 Å². The molecule has 0 aliphatic carbocycles. The molecule has 2 heterocycles. The van der Waals surface area contributed by atoms with E-state index < -0.39 is 0 Å². The van der Waals surface area contributed by atoms with Crippen LogP contribution in [0.15, 0.2) is 36.9 Å². The molecule has 19 heavy (non-hydrogen) atoms. The van der Waals surface area contributed by atoms with Crippen LogP contribution in [0.5, 0.6) is 0 Å². The summed E-state index contributed by atoms with van der Waals surface area (Å²) in [6, 6.07) is 3.54. The number of nitrogens with zero attached hydrogens (tertiary/aromatic N) is 2. The third-order valence-electron chi connectivity index (χ3n) is 2.81. The Morgan fingerprint density at radius 3 is 2.74 bits per heavy atom. The van der Waals surface area contributed by atoms with Crippen molar-refractivity contribution in [1.82, 2.24) is 15.3 Å². The molecule has 4 N–H and O–H groups in total. The van der Waals surface area contributed by atoms with E-state index >= 15 is 0 Å². The van der Waals surface area contributed by atoms with Crippen LogP contribution >= 0.6 is 0 Å². The van der Waals surface area contributed by atoms with E-state index in [0.717, 1.165) is 11.1 Å². The summed E-state index contributed by atoms with van der Waals surface area (Å²) in [5.41, 5.74) is 5.48. The van der Waals surface area contributed by atoms with Gasteiger partial charge in [-0.2, -0.15) is 0 Å². The molecule has 6 heteroatoms. The maximum absolute atomic E-state index is 12.0. The maximum atomic E-state index is 12.0. The van der Waals surface area contributed by atoms with Gasteiger partial charge in [-0.1, -0.05) is 0 Å². The molecule has 0 fully saturated rings. The number of hydrogen-bond acceptors (Lipinski definition) is 5. The number of hydrogen-bond donors (Lipinski definition) is 3. The van der Waals surface area contributed by atoms with Crippen LogP contribution in [-0.2, 0) is 6.54 Å². The zero-order chi connectivity index (χ0) is 13.7. The lowest BCUT2D eigenvalue weighted by atomic mass is 10.1. The molecule has 0 aromatic carbocycles. The molecule has 0 saturated heterocycles. The first kappa shape index (κ1) is 13.0. The van der Waals surface area contributed by atoms with Crippen LogP contribution in [0.4, 0.5) is 5.69 Å². The lowest BCUT2D eigenvalue weighted by Gasteiger charge is -2.10. The molecule has 1 amide bonds. The molecule has 0 bridgehead atoms. The molecule has 0 spiro atoms. The van der Waals surface area contributed by atoms with Crippen molar-refractivity contribution in [1.29, 1.82) is 0 Å². The highest BCUT2D eigenvalue weighted by Crippen LogP contribution is 2.12. The summed E-state index contributed by atoms with van der Waals surface area (Å²) in [5, 5.41) is 2.82. The van der Waals surface area contributed by atoms with E-state index in [-0.39, 0.29) is 5.91 Å². The number of nitrogens with one attached hydrogen (secondary N) is 2. The summed E-state index contributed by atoms with van der Waals surface area (Å²) < 4.78 is 0. The number of aryl methyl sites for hydroxylation is 1. The Bertz CT molecular complexity index is 585. The van der Waals surface area contributed by atoms with Gasteiger partial charge in [0.2, 0.25) is 0 Å². The molecule has 98 valence electrons. The van der Waals surface area contributed by atoms with Crippen molar-refractivity contribution in [3.63, 3.8) is 0 Å². The van der Waals surface area contributed by atoms with Crippen LogP contribution in [0.1, 0.15) is 21.5 Å². The second-order valence-corrected chi connectivity index (χ2v) is 4.05. The third kappa shape index (κ3) is 3.05. The molecule has 2 rings (SSSR count). The normalized spacial score (nSPS) is 10.0. The average Bonchev–Trinajstić information content (AvgIpc) is 2.46. The summed E-state index contributed by atoms with van der Waals surface area (Å²) in [6.45, 7) is 2.39. The number of hydrazine groups is 1. The van der Waals surface area contributed by atoms with Crippen molar-refractivity contribution in [3.05, 3.63) is 53.6 Å². The first-order chi connectivity index (χ1) is 9.22. The topological polar surface area (TPSA) is 92.9 Å². The first-order valence-electron chi connectivity index (χ1n) is 5.80. The zero-order valence-electron chi connectivity index (χ0n) is 10.6.